The molecule has 0 aliphatic rings. The number of hydrogen-bond acceptors (Lipinski definition) is 3. The highest BCUT2D eigenvalue weighted by atomic mass is 32.2. The molecule has 8 heteroatoms. The SMILES string of the molecule is O=S(=O)(Nc1ccc(O)cc1F)c1ccc(F)cc1F. The van der Waals surface area contributed by atoms with E-state index in [1.165, 1.54) is 0 Å². The van der Waals surface area contributed by atoms with Crippen molar-refractivity contribution in [3.05, 3.63) is 53.8 Å². The molecule has 0 spiro atoms. The van der Waals surface area contributed by atoms with Crippen molar-refractivity contribution in [1.82, 2.24) is 0 Å². The molecule has 4 nitrogen and oxygen atoms in total. The van der Waals surface area contributed by atoms with Gasteiger partial charge in [-0.2, -0.15) is 0 Å². The third-order valence-electron chi connectivity index (χ3n) is 2.38. The first kappa shape index (κ1) is 14.2. The minimum Gasteiger partial charge on any atom is -0.508 e. The molecule has 2 rings (SSSR count). The fourth-order valence-electron chi connectivity index (χ4n) is 1.48. The normalized spacial score (nSPS) is 11.3. The van der Waals surface area contributed by atoms with Gasteiger partial charge in [-0.3, -0.25) is 4.72 Å². The lowest BCUT2D eigenvalue weighted by atomic mass is 10.3. The van der Waals surface area contributed by atoms with Crippen LogP contribution in [0.2, 0.25) is 0 Å². The van der Waals surface area contributed by atoms with Crippen LogP contribution in [0.5, 0.6) is 5.75 Å². The van der Waals surface area contributed by atoms with E-state index in [4.69, 9.17) is 5.11 Å². The van der Waals surface area contributed by atoms with Crippen LogP contribution >= 0.6 is 0 Å². The van der Waals surface area contributed by atoms with Gasteiger partial charge in [0, 0.05) is 12.1 Å². The van der Waals surface area contributed by atoms with Crippen molar-refractivity contribution < 1.29 is 26.7 Å². The zero-order valence-electron chi connectivity index (χ0n) is 9.77. The van der Waals surface area contributed by atoms with Crippen LogP contribution in [0.3, 0.4) is 0 Å². The van der Waals surface area contributed by atoms with Gasteiger partial charge in [-0.1, -0.05) is 0 Å². The molecule has 0 heterocycles. The fraction of sp³-hybridized carbons (Fsp3) is 0. The Morgan fingerprint density at radius 1 is 0.950 bits per heavy atom. The molecular formula is C12H8F3NO3S. The second-order valence-electron chi connectivity index (χ2n) is 3.84. The van der Waals surface area contributed by atoms with E-state index in [1.807, 2.05) is 4.72 Å². The molecule has 0 saturated heterocycles. The lowest BCUT2D eigenvalue weighted by molar-refractivity contribution is 0.469. The molecule has 106 valence electrons. The lowest BCUT2D eigenvalue weighted by Crippen LogP contribution is -2.15. The zero-order chi connectivity index (χ0) is 14.9. The van der Waals surface area contributed by atoms with Crippen molar-refractivity contribution in [1.29, 1.82) is 0 Å². The number of halogens is 3. The molecule has 0 atom stereocenters. The molecule has 0 amide bonds. The van der Waals surface area contributed by atoms with Crippen molar-refractivity contribution >= 4 is 15.7 Å². The lowest BCUT2D eigenvalue weighted by Gasteiger charge is -2.09. The minimum atomic E-state index is -4.41. The van der Waals surface area contributed by atoms with Crippen molar-refractivity contribution in [3.63, 3.8) is 0 Å². The van der Waals surface area contributed by atoms with E-state index in [1.54, 1.807) is 0 Å². The van der Waals surface area contributed by atoms with Crippen LogP contribution in [0, 0.1) is 17.5 Å². The van der Waals surface area contributed by atoms with Gasteiger partial charge in [0.2, 0.25) is 0 Å². The number of hydrogen-bond donors (Lipinski definition) is 2. The maximum atomic E-state index is 13.4. The third kappa shape index (κ3) is 2.85. The van der Waals surface area contributed by atoms with Crippen LogP contribution in [0.25, 0.3) is 0 Å². The number of rotatable bonds is 3. The number of nitrogens with one attached hydrogen (secondary N) is 1. The van der Waals surface area contributed by atoms with Crippen molar-refractivity contribution in [2.75, 3.05) is 4.72 Å². The Kier molecular flexibility index (Phi) is 3.58. The first-order valence-electron chi connectivity index (χ1n) is 5.26. The Balaban J connectivity index is 2.41. The fourth-order valence-corrected chi connectivity index (χ4v) is 2.61. The molecule has 2 aromatic rings. The second-order valence-corrected chi connectivity index (χ2v) is 5.50. The van der Waals surface area contributed by atoms with Crippen molar-refractivity contribution in [3.8, 4) is 5.75 Å². The molecule has 0 aromatic heterocycles. The summed E-state index contributed by atoms with van der Waals surface area (Å²) in [5.41, 5.74) is -0.466. The maximum Gasteiger partial charge on any atom is 0.264 e. The first-order valence-corrected chi connectivity index (χ1v) is 6.74. The molecule has 0 bridgehead atoms. The standard InChI is InChI=1S/C12H8F3NO3S/c13-7-1-4-12(10(15)5-7)20(18,19)16-11-3-2-8(17)6-9(11)14/h1-6,16-17H. The zero-order valence-corrected chi connectivity index (χ0v) is 10.6. The predicted octanol–water partition coefficient (Wildman–Crippen LogP) is 2.61. The van der Waals surface area contributed by atoms with Gasteiger partial charge >= 0.3 is 0 Å². The predicted molar refractivity (Wildman–Crippen MR) is 65.2 cm³/mol. The van der Waals surface area contributed by atoms with Crippen LogP contribution in [0.1, 0.15) is 0 Å². The maximum absolute atomic E-state index is 13.4. The van der Waals surface area contributed by atoms with E-state index in [-0.39, 0.29) is 0 Å². The summed E-state index contributed by atoms with van der Waals surface area (Å²) in [7, 11) is -4.41. The third-order valence-corrected chi connectivity index (χ3v) is 3.78. The Bertz CT molecular complexity index is 763. The van der Waals surface area contributed by atoms with Gasteiger partial charge in [-0.15, -0.1) is 0 Å². The van der Waals surface area contributed by atoms with E-state index < -0.39 is 43.8 Å². The van der Waals surface area contributed by atoms with Gasteiger partial charge in [0.1, 0.15) is 22.3 Å². The molecular weight excluding hydrogens is 295 g/mol. The van der Waals surface area contributed by atoms with Gasteiger partial charge in [0.15, 0.2) is 5.82 Å². The van der Waals surface area contributed by atoms with E-state index in [0.717, 1.165) is 24.3 Å². The van der Waals surface area contributed by atoms with Crippen molar-refractivity contribution in [2.45, 2.75) is 4.90 Å². The highest BCUT2D eigenvalue weighted by Crippen LogP contribution is 2.24. The Hall–Kier alpha value is -2.22. The highest BCUT2D eigenvalue weighted by Gasteiger charge is 2.21. The monoisotopic (exact) mass is 303 g/mol. The van der Waals surface area contributed by atoms with Crippen LogP contribution in [0.4, 0.5) is 18.9 Å². The minimum absolute atomic E-state index is 0.390. The van der Waals surface area contributed by atoms with Crippen LogP contribution in [-0.2, 0) is 10.0 Å². The summed E-state index contributed by atoms with van der Waals surface area (Å²) in [4.78, 5) is -0.814. The van der Waals surface area contributed by atoms with Gasteiger partial charge in [0.25, 0.3) is 10.0 Å². The van der Waals surface area contributed by atoms with E-state index >= 15 is 0 Å². The quantitative estimate of drug-likeness (QED) is 0.857. The van der Waals surface area contributed by atoms with Crippen LogP contribution < -0.4 is 4.72 Å². The number of anilines is 1. The summed E-state index contributed by atoms with van der Waals surface area (Å²) in [5.74, 6) is -3.65. The van der Waals surface area contributed by atoms with E-state index in [9.17, 15) is 21.6 Å². The summed E-state index contributed by atoms with van der Waals surface area (Å²) in [6.45, 7) is 0. The summed E-state index contributed by atoms with van der Waals surface area (Å²) < 4.78 is 65.1. The summed E-state index contributed by atoms with van der Waals surface area (Å²) >= 11 is 0. The largest absolute Gasteiger partial charge is 0.508 e. The number of aromatic hydroxyl groups is 1. The van der Waals surface area contributed by atoms with Gasteiger partial charge in [0.05, 0.1) is 5.69 Å². The average Bonchev–Trinajstić information content (AvgIpc) is 2.32. The molecule has 0 radical (unpaired) electrons. The molecule has 0 unspecified atom stereocenters. The number of benzene rings is 2. The highest BCUT2D eigenvalue weighted by molar-refractivity contribution is 7.92. The average molecular weight is 303 g/mol. The van der Waals surface area contributed by atoms with E-state index in [0.29, 0.717) is 12.1 Å². The summed E-state index contributed by atoms with van der Waals surface area (Å²) in [6, 6.07) is 4.63. The Labute approximate surface area is 112 Å². The molecule has 0 fully saturated rings. The van der Waals surface area contributed by atoms with Crippen LogP contribution in [0.15, 0.2) is 41.3 Å². The number of phenols is 1. The van der Waals surface area contributed by atoms with Gasteiger partial charge < -0.3 is 5.11 Å². The Morgan fingerprint density at radius 3 is 2.25 bits per heavy atom. The van der Waals surface area contributed by atoms with E-state index in [2.05, 4.69) is 0 Å². The Morgan fingerprint density at radius 2 is 1.65 bits per heavy atom. The number of phenolic OH excluding ortho intramolecular Hbond substituents is 1. The number of sulfonamides is 1. The molecule has 20 heavy (non-hydrogen) atoms. The smallest absolute Gasteiger partial charge is 0.264 e. The summed E-state index contributed by atoms with van der Waals surface area (Å²) in [5, 5.41) is 9.01. The van der Waals surface area contributed by atoms with Gasteiger partial charge in [-0.25, -0.2) is 21.6 Å². The van der Waals surface area contributed by atoms with Crippen molar-refractivity contribution in [2.24, 2.45) is 0 Å². The molecule has 2 aromatic carbocycles. The summed E-state index contributed by atoms with van der Waals surface area (Å²) in [6.07, 6.45) is 0. The van der Waals surface area contributed by atoms with Crippen LogP contribution in [-0.4, -0.2) is 13.5 Å². The second kappa shape index (κ2) is 5.04. The molecule has 2 N–H and O–H groups in total. The van der Waals surface area contributed by atoms with Gasteiger partial charge in [-0.05, 0) is 24.3 Å². The molecule has 0 saturated carbocycles. The topological polar surface area (TPSA) is 66.4 Å². The first-order chi connectivity index (χ1) is 9.29. The molecule has 0 aliphatic heterocycles. The molecule has 0 aliphatic carbocycles.